The number of aromatic nitrogens is 1. The number of likely N-dealkylation sites (tertiary alicyclic amines) is 1. The van der Waals surface area contributed by atoms with Crippen LogP contribution in [-0.2, 0) is 18.3 Å². The molecule has 0 radical (unpaired) electrons. The van der Waals surface area contributed by atoms with Gasteiger partial charge in [-0.2, -0.15) is 0 Å². The van der Waals surface area contributed by atoms with Gasteiger partial charge in [-0.25, -0.2) is 0 Å². The maximum atomic E-state index is 12.9. The fraction of sp³-hybridized carbons (Fsp3) is 0.368. The number of hydrogen-bond donors (Lipinski definition) is 2. The average Bonchev–Trinajstić information content (AvgIpc) is 2.95. The molecule has 0 aliphatic carbocycles. The molecule has 6 nitrogen and oxygen atoms in total. The summed E-state index contributed by atoms with van der Waals surface area (Å²) >= 11 is 5.96. The van der Waals surface area contributed by atoms with Gasteiger partial charge in [-0.1, -0.05) is 41.9 Å². The fourth-order valence-corrected chi connectivity index (χ4v) is 3.82. The number of rotatable bonds is 4. The quantitative estimate of drug-likeness (QED) is 0.857. The molecule has 2 atom stereocenters. The molecule has 1 aliphatic heterocycles. The number of carboxylic acid groups (broad SMARTS) is 1. The van der Waals surface area contributed by atoms with Gasteiger partial charge in [-0.15, -0.1) is 0 Å². The van der Waals surface area contributed by atoms with E-state index in [9.17, 15) is 19.8 Å². The monoisotopic (exact) mass is 376 g/mol. The first kappa shape index (κ1) is 18.5. The lowest BCUT2D eigenvalue weighted by atomic mass is 9.72. The lowest BCUT2D eigenvalue weighted by Crippen LogP contribution is -2.58. The largest absolute Gasteiger partial charge is 0.481 e. The molecule has 2 N–H and O–H groups in total. The molecule has 0 spiro atoms. The SMILES string of the molecule is Cn1cc(Cl)cc1C(=O)N1CC[C@@H](O)[C@](Cc2ccccc2)(C(=O)O)C1. The molecular formula is C19H21ClN2O4. The second-order valence-corrected chi connectivity index (χ2v) is 7.25. The van der Waals surface area contributed by atoms with E-state index < -0.39 is 17.5 Å². The zero-order valence-corrected chi connectivity index (χ0v) is 15.2. The number of aryl methyl sites for hydroxylation is 1. The topological polar surface area (TPSA) is 82.8 Å². The summed E-state index contributed by atoms with van der Waals surface area (Å²) in [6, 6.07) is 10.7. The van der Waals surface area contributed by atoms with Crippen LogP contribution in [0.3, 0.4) is 0 Å². The van der Waals surface area contributed by atoms with Gasteiger partial charge < -0.3 is 19.7 Å². The van der Waals surface area contributed by atoms with E-state index in [-0.39, 0.29) is 25.3 Å². The van der Waals surface area contributed by atoms with Gasteiger partial charge in [0.1, 0.15) is 11.1 Å². The van der Waals surface area contributed by atoms with Gasteiger partial charge in [0.15, 0.2) is 0 Å². The van der Waals surface area contributed by atoms with Gasteiger partial charge >= 0.3 is 5.97 Å². The Morgan fingerprint density at radius 3 is 2.58 bits per heavy atom. The smallest absolute Gasteiger partial charge is 0.314 e. The number of amides is 1. The summed E-state index contributed by atoms with van der Waals surface area (Å²) in [6.07, 6.45) is 0.966. The zero-order chi connectivity index (χ0) is 18.9. The van der Waals surface area contributed by atoms with Crippen LogP contribution in [-0.4, -0.2) is 50.8 Å². The van der Waals surface area contributed by atoms with Crippen molar-refractivity contribution in [2.75, 3.05) is 13.1 Å². The molecule has 7 heteroatoms. The minimum atomic E-state index is -1.44. The highest BCUT2D eigenvalue weighted by Gasteiger charge is 2.50. The van der Waals surface area contributed by atoms with Crippen molar-refractivity contribution < 1.29 is 19.8 Å². The number of hydrogen-bond acceptors (Lipinski definition) is 3. The molecule has 1 saturated heterocycles. The van der Waals surface area contributed by atoms with E-state index in [1.165, 1.54) is 4.90 Å². The van der Waals surface area contributed by atoms with E-state index in [2.05, 4.69) is 0 Å². The maximum Gasteiger partial charge on any atom is 0.314 e. The Labute approximate surface area is 156 Å². The van der Waals surface area contributed by atoms with E-state index in [0.29, 0.717) is 17.3 Å². The predicted octanol–water partition coefficient (Wildman–Crippen LogP) is 2.20. The van der Waals surface area contributed by atoms with Gasteiger partial charge in [0, 0.05) is 26.3 Å². The summed E-state index contributed by atoms with van der Waals surface area (Å²) in [5.74, 6) is -1.39. The van der Waals surface area contributed by atoms with E-state index in [0.717, 1.165) is 5.56 Å². The van der Waals surface area contributed by atoms with Gasteiger partial charge in [-0.3, -0.25) is 9.59 Å². The first-order valence-corrected chi connectivity index (χ1v) is 8.78. The molecule has 1 aliphatic rings. The minimum Gasteiger partial charge on any atom is -0.481 e. The van der Waals surface area contributed by atoms with Crippen molar-refractivity contribution in [3.63, 3.8) is 0 Å². The number of aliphatic hydroxyl groups excluding tert-OH is 1. The molecule has 1 fully saturated rings. The Bertz CT molecular complexity index is 820. The molecule has 0 unspecified atom stereocenters. The number of carbonyl (C=O) groups excluding carboxylic acids is 1. The van der Waals surface area contributed by atoms with Crippen molar-refractivity contribution >= 4 is 23.5 Å². The van der Waals surface area contributed by atoms with Gasteiger partial charge in [-0.05, 0) is 24.5 Å². The summed E-state index contributed by atoms with van der Waals surface area (Å²) in [7, 11) is 1.71. The highest BCUT2D eigenvalue weighted by molar-refractivity contribution is 6.31. The number of halogens is 1. The molecule has 1 aromatic carbocycles. The standard InChI is InChI=1S/C19H21ClN2O4/c1-21-11-14(20)9-15(21)17(24)22-8-7-16(23)19(12-22,18(25)26)10-13-5-3-2-4-6-13/h2-6,9,11,16,23H,7-8,10,12H2,1H3,(H,25,26)/t16-,19-/m1/s1. The van der Waals surface area contributed by atoms with Crippen LogP contribution in [0.1, 0.15) is 22.5 Å². The third-order valence-electron chi connectivity index (χ3n) is 5.05. The zero-order valence-electron chi connectivity index (χ0n) is 14.4. The number of aliphatic hydroxyl groups is 1. The van der Waals surface area contributed by atoms with E-state index in [4.69, 9.17) is 11.6 Å². The number of nitrogens with zero attached hydrogens (tertiary/aromatic N) is 2. The lowest BCUT2D eigenvalue weighted by molar-refractivity contribution is -0.161. The summed E-state index contributed by atoms with van der Waals surface area (Å²) in [5.41, 5.74) is -0.236. The lowest BCUT2D eigenvalue weighted by Gasteiger charge is -2.43. The van der Waals surface area contributed by atoms with Gasteiger partial charge in [0.25, 0.3) is 5.91 Å². The third-order valence-corrected chi connectivity index (χ3v) is 5.26. The minimum absolute atomic E-state index is 0.0555. The molecule has 1 amide bonds. The van der Waals surface area contributed by atoms with E-state index in [1.807, 2.05) is 30.3 Å². The molecular weight excluding hydrogens is 356 g/mol. The van der Waals surface area contributed by atoms with Crippen LogP contribution in [0.2, 0.25) is 5.02 Å². The third kappa shape index (κ3) is 3.34. The number of benzene rings is 1. The second kappa shape index (κ2) is 7.13. The van der Waals surface area contributed by atoms with E-state index >= 15 is 0 Å². The van der Waals surface area contributed by atoms with Crippen LogP contribution >= 0.6 is 11.6 Å². The normalized spacial score (nSPS) is 23.0. The van der Waals surface area contributed by atoms with Crippen LogP contribution in [0.25, 0.3) is 0 Å². The molecule has 138 valence electrons. The predicted molar refractivity (Wildman–Crippen MR) is 97.2 cm³/mol. The first-order valence-electron chi connectivity index (χ1n) is 8.40. The van der Waals surface area contributed by atoms with Crippen molar-refractivity contribution in [2.24, 2.45) is 12.5 Å². The summed E-state index contributed by atoms with van der Waals surface area (Å²) in [5, 5.41) is 20.9. The molecule has 0 bridgehead atoms. The van der Waals surface area contributed by atoms with Crippen LogP contribution in [0.15, 0.2) is 42.6 Å². The number of carboxylic acids is 1. The summed E-state index contributed by atoms with van der Waals surface area (Å²) in [4.78, 5) is 26.5. The van der Waals surface area contributed by atoms with Crippen molar-refractivity contribution in [1.29, 1.82) is 0 Å². The van der Waals surface area contributed by atoms with Crippen molar-refractivity contribution in [2.45, 2.75) is 18.9 Å². The Hall–Kier alpha value is -2.31. The highest BCUT2D eigenvalue weighted by atomic mass is 35.5. The summed E-state index contributed by atoms with van der Waals surface area (Å²) < 4.78 is 1.62. The van der Waals surface area contributed by atoms with Crippen LogP contribution in [0, 0.1) is 5.41 Å². The van der Waals surface area contributed by atoms with Crippen molar-refractivity contribution in [3.05, 3.63) is 58.9 Å². The van der Waals surface area contributed by atoms with Crippen molar-refractivity contribution in [3.8, 4) is 0 Å². The second-order valence-electron chi connectivity index (χ2n) is 6.81. The summed E-state index contributed by atoms with van der Waals surface area (Å²) in [6.45, 7) is 0.243. The maximum absolute atomic E-state index is 12.9. The Kier molecular flexibility index (Phi) is 5.07. The molecule has 2 heterocycles. The number of carbonyl (C=O) groups is 2. The molecule has 3 rings (SSSR count). The number of aliphatic carboxylic acids is 1. The Balaban J connectivity index is 1.90. The molecule has 26 heavy (non-hydrogen) atoms. The molecule has 2 aromatic rings. The van der Waals surface area contributed by atoms with E-state index in [1.54, 1.807) is 23.9 Å². The average molecular weight is 377 g/mol. The van der Waals surface area contributed by atoms with Gasteiger partial charge in [0.2, 0.25) is 0 Å². The van der Waals surface area contributed by atoms with Crippen LogP contribution in [0.4, 0.5) is 0 Å². The fourth-order valence-electron chi connectivity index (χ4n) is 3.57. The first-order chi connectivity index (χ1) is 12.3. The van der Waals surface area contributed by atoms with Crippen molar-refractivity contribution in [1.82, 2.24) is 9.47 Å². The Morgan fingerprint density at radius 1 is 1.31 bits per heavy atom. The number of piperidine rings is 1. The Morgan fingerprint density at radius 2 is 2.00 bits per heavy atom. The highest BCUT2D eigenvalue weighted by Crippen LogP contribution is 2.35. The van der Waals surface area contributed by atoms with Crippen LogP contribution in [0.5, 0.6) is 0 Å². The molecule has 1 aromatic heterocycles. The van der Waals surface area contributed by atoms with Crippen LogP contribution < -0.4 is 0 Å². The molecule has 0 saturated carbocycles. The van der Waals surface area contributed by atoms with Gasteiger partial charge in [0.05, 0.1) is 11.1 Å².